The van der Waals surface area contributed by atoms with Gasteiger partial charge < -0.3 is 5.32 Å². The van der Waals surface area contributed by atoms with Gasteiger partial charge in [0.2, 0.25) is 0 Å². The molecule has 1 aromatic rings. The van der Waals surface area contributed by atoms with Gasteiger partial charge in [-0.25, -0.2) is 0 Å². The van der Waals surface area contributed by atoms with Crippen molar-refractivity contribution in [3.63, 3.8) is 0 Å². The Morgan fingerprint density at radius 1 is 1.56 bits per heavy atom. The van der Waals surface area contributed by atoms with Gasteiger partial charge in [0.1, 0.15) is 5.69 Å². The third-order valence-corrected chi connectivity index (χ3v) is 4.10. The molecule has 0 bridgehead atoms. The van der Waals surface area contributed by atoms with E-state index in [4.69, 9.17) is 0 Å². The van der Waals surface area contributed by atoms with Crippen LogP contribution >= 0.6 is 0 Å². The Kier molecular flexibility index (Phi) is 3.51. The molecule has 0 unspecified atom stereocenters. The molecule has 3 heteroatoms. The molecule has 1 aliphatic rings. The summed E-state index contributed by atoms with van der Waals surface area (Å²) in [5.74, 6) is 0. The molecule has 1 saturated carbocycles. The fourth-order valence-corrected chi connectivity index (χ4v) is 2.61. The lowest BCUT2D eigenvalue weighted by molar-refractivity contribution is 0.161. The summed E-state index contributed by atoms with van der Waals surface area (Å²) in [6, 6.07) is 0.399. The lowest BCUT2D eigenvalue weighted by atomic mass is 9.67. The molecule has 2 rings (SSSR count). The first-order valence-electron chi connectivity index (χ1n) is 6.90. The maximum atomic E-state index is 4.68. The van der Waals surface area contributed by atoms with Gasteiger partial charge in [0.05, 0.1) is 5.70 Å². The molecule has 0 saturated heterocycles. The van der Waals surface area contributed by atoms with Gasteiger partial charge in [0.25, 0.3) is 0 Å². The van der Waals surface area contributed by atoms with Crippen molar-refractivity contribution in [2.75, 3.05) is 7.05 Å². The number of nitrogens with one attached hydrogen (secondary N) is 1. The Labute approximate surface area is 110 Å². The van der Waals surface area contributed by atoms with E-state index in [1.54, 1.807) is 0 Å². The van der Waals surface area contributed by atoms with Gasteiger partial charge >= 0.3 is 0 Å². The summed E-state index contributed by atoms with van der Waals surface area (Å²) in [6.45, 7) is 10.8. The molecular weight excluding hydrogens is 222 g/mol. The van der Waals surface area contributed by atoms with Gasteiger partial charge in [-0.3, -0.25) is 4.68 Å². The maximum absolute atomic E-state index is 4.68. The highest BCUT2D eigenvalue weighted by molar-refractivity contribution is 5.60. The fraction of sp³-hybridized carbons (Fsp3) is 0.667. The van der Waals surface area contributed by atoms with E-state index >= 15 is 0 Å². The predicted molar refractivity (Wildman–Crippen MR) is 76.4 cm³/mol. The molecule has 0 spiro atoms. The van der Waals surface area contributed by atoms with Gasteiger partial charge in [-0.2, -0.15) is 5.10 Å². The maximum Gasteiger partial charge on any atom is 0.111 e. The molecule has 3 nitrogen and oxygen atoms in total. The monoisotopic (exact) mass is 247 g/mol. The summed E-state index contributed by atoms with van der Waals surface area (Å²) >= 11 is 0. The topological polar surface area (TPSA) is 29.9 Å². The Balaban J connectivity index is 2.28. The molecule has 100 valence electrons. The Bertz CT molecular complexity index is 439. The van der Waals surface area contributed by atoms with Crippen molar-refractivity contribution in [3.8, 4) is 0 Å². The van der Waals surface area contributed by atoms with Crippen LogP contribution in [0.5, 0.6) is 0 Å². The summed E-state index contributed by atoms with van der Waals surface area (Å²) in [6.07, 6.45) is 7.37. The van der Waals surface area contributed by atoms with Crippen molar-refractivity contribution in [1.82, 2.24) is 15.1 Å². The summed E-state index contributed by atoms with van der Waals surface area (Å²) in [4.78, 5) is 0. The second kappa shape index (κ2) is 4.79. The highest BCUT2D eigenvalue weighted by Gasteiger charge is 2.33. The van der Waals surface area contributed by atoms with E-state index < -0.39 is 0 Å². The van der Waals surface area contributed by atoms with E-state index in [-0.39, 0.29) is 0 Å². The molecule has 18 heavy (non-hydrogen) atoms. The number of aromatic nitrogens is 2. The van der Waals surface area contributed by atoms with E-state index in [1.165, 1.54) is 24.8 Å². The van der Waals surface area contributed by atoms with Crippen LogP contribution in [-0.4, -0.2) is 16.8 Å². The summed E-state index contributed by atoms with van der Waals surface area (Å²) in [5.41, 5.74) is 3.78. The Morgan fingerprint density at radius 2 is 2.22 bits per heavy atom. The molecule has 1 aliphatic carbocycles. The predicted octanol–water partition coefficient (Wildman–Crippen LogP) is 3.39. The van der Waals surface area contributed by atoms with Crippen LogP contribution in [-0.2, 0) is 6.42 Å². The molecular formula is C15H25N3. The third kappa shape index (κ3) is 2.45. The molecule has 1 N–H and O–H groups in total. The zero-order valence-electron chi connectivity index (χ0n) is 12.1. The van der Waals surface area contributed by atoms with Crippen LogP contribution in [0.3, 0.4) is 0 Å². The first-order valence-corrected chi connectivity index (χ1v) is 6.90. The average Bonchev–Trinajstić information content (AvgIpc) is 2.70. The highest BCUT2D eigenvalue weighted by atomic mass is 15.3. The van der Waals surface area contributed by atoms with Crippen molar-refractivity contribution in [1.29, 1.82) is 0 Å². The summed E-state index contributed by atoms with van der Waals surface area (Å²) < 4.78 is 2.05. The lowest BCUT2D eigenvalue weighted by Gasteiger charge is -2.38. The van der Waals surface area contributed by atoms with Crippen LogP contribution in [0.2, 0.25) is 0 Å². The van der Waals surface area contributed by atoms with Gasteiger partial charge in [-0.05, 0) is 38.5 Å². The summed E-state index contributed by atoms with van der Waals surface area (Å²) in [5, 5.41) is 7.80. The van der Waals surface area contributed by atoms with E-state index in [0.717, 1.165) is 17.8 Å². The smallest absolute Gasteiger partial charge is 0.111 e. The minimum absolute atomic E-state index is 0.399. The minimum atomic E-state index is 0.399. The second-order valence-corrected chi connectivity index (χ2v) is 6.15. The van der Waals surface area contributed by atoms with E-state index in [0.29, 0.717) is 11.5 Å². The van der Waals surface area contributed by atoms with E-state index in [1.807, 2.05) is 7.05 Å². The summed E-state index contributed by atoms with van der Waals surface area (Å²) in [7, 11) is 1.91. The van der Waals surface area contributed by atoms with Gasteiger partial charge in [-0.15, -0.1) is 0 Å². The third-order valence-electron chi connectivity index (χ3n) is 4.10. The average molecular weight is 247 g/mol. The van der Waals surface area contributed by atoms with Crippen LogP contribution in [0.1, 0.15) is 57.3 Å². The van der Waals surface area contributed by atoms with Crippen LogP contribution in [0, 0.1) is 5.41 Å². The normalized spacial score (nSPS) is 17.6. The molecule has 1 aromatic heterocycles. The minimum Gasteiger partial charge on any atom is -0.387 e. The largest absolute Gasteiger partial charge is 0.387 e. The zero-order chi connectivity index (χ0) is 13.3. The van der Waals surface area contributed by atoms with Crippen molar-refractivity contribution < 1.29 is 0 Å². The molecule has 0 radical (unpaired) electrons. The molecule has 0 atom stereocenters. The number of hydrogen-bond acceptors (Lipinski definition) is 2. The molecule has 0 aromatic carbocycles. The first-order chi connectivity index (χ1) is 8.45. The highest BCUT2D eigenvalue weighted by Crippen LogP contribution is 2.43. The Morgan fingerprint density at radius 3 is 2.67 bits per heavy atom. The number of nitrogens with zero attached hydrogens (tertiary/aromatic N) is 2. The lowest BCUT2D eigenvalue weighted by Crippen LogP contribution is -2.28. The fourth-order valence-electron chi connectivity index (χ4n) is 2.61. The number of hydrogen-bond donors (Lipinski definition) is 1. The first kappa shape index (κ1) is 13.2. The second-order valence-electron chi connectivity index (χ2n) is 6.15. The van der Waals surface area contributed by atoms with Crippen LogP contribution in [0.25, 0.3) is 5.70 Å². The van der Waals surface area contributed by atoms with Gasteiger partial charge in [0, 0.05) is 24.8 Å². The molecule has 0 aliphatic heterocycles. The van der Waals surface area contributed by atoms with Crippen molar-refractivity contribution >= 4 is 5.70 Å². The molecule has 1 fully saturated rings. The SMILES string of the molecule is C=C(NC)c1nn(C(C)C)cc1CC1(C)CCC1. The number of rotatable bonds is 5. The quantitative estimate of drug-likeness (QED) is 0.864. The van der Waals surface area contributed by atoms with E-state index in [9.17, 15) is 0 Å². The zero-order valence-corrected chi connectivity index (χ0v) is 12.1. The van der Waals surface area contributed by atoms with Crippen molar-refractivity contribution in [2.24, 2.45) is 5.41 Å². The van der Waals surface area contributed by atoms with Crippen molar-refractivity contribution in [2.45, 2.75) is 52.5 Å². The van der Waals surface area contributed by atoms with Crippen LogP contribution in [0.15, 0.2) is 12.8 Å². The van der Waals surface area contributed by atoms with Gasteiger partial charge in [0.15, 0.2) is 0 Å². The van der Waals surface area contributed by atoms with Crippen molar-refractivity contribution in [3.05, 3.63) is 24.0 Å². The molecule has 0 amide bonds. The molecule has 1 heterocycles. The van der Waals surface area contributed by atoms with Crippen LogP contribution in [0.4, 0.5) is 0 Å². The van der Waals surface area contributed by atoms with Crippen LogP contribution < -0.4 is 5.32 Å². The van der Waals surface area contributed by atoms with E-state index in [2.05, 4.69) is 48.6 Å². The Hall–Kier alpha value is -1.25. The standard InChI is InChI=1S/C15H25N3/c1-11(2)18-10-13(9-15(4)7-6-8-15)14(17-18)12(3)16-5/h10-11,16H,3,6-9H2,1-2,4-5H3. The van der Waals surface area contributed by atoms with Gasteiger partial charge in [-0.1, -0.05) is 19.9 Å².